The molecule has 0 atom stereocenters. The number of carboxylic acid groups (broad SMARTS) is 1. The van der Waals surface area contributed by atoms with Gasteiger partial charge in [-0.15, -0.1) is 11.8 Å². The highest BCUT2D eigenvalue weighted by molar-refractivity contribution is 7.98. The van der Waals surface area contributed by atoms with Gasteiger partial charge in [-0.05, 0) is 48.6 Å². The number of carboxylic acids is 1. The molecule has 108 valence electrons. The molecule has 0 aliphatic carbocycles. The summed E-state index contributed by atoms with van der Waals surface area (Å²) in [7, 11) is 0. The minimum atomic E-state index is -0.967. The van der Waals surface area contributed by atoms with Crippen LogP contribution < -0.4 is 4.74 Å². The van der Waals surface area contributed by atoms with Gasteiger partial charge >= 0.3 is 5.97 Å². The fraction of sp³-hybridized carbons (Fsp3) is 0.118. The van der Waals surface area contributed by atoms with E-state index in [9.17, 15) is 4.79 Å². The Labute approximate surface area is 128 Å². The van der Waals surface area contributed by atoms with Gasteiger partial charge in [0.2, 0.25) is 0 Å². The molecule has 0 amide bonds. The second-order valence-electron chi connectivity index (χ2n) is 4.45. The Bertz CT molecular complexity index is 677. The highest BCUT2D eigenvalue weighted by Gasteiger charge is 2.06. The third-order valence-electron chi connectivity index (χ3n) is 2.92. The van der Waals surface area contributed by atoms with Gasteiger partial charge in [0.15, 0.2) is 0 Å². The van der Waals surface area contributed by atoms with Crippen molar-refractivity contribution in [2.75, 3.05) is 6.26 Å². The van der Waals surface area contributed by atoms with Crippen molar-refractivity contribution in [1.82, 2.24) is 0 Å². The third-order valence-corrected chi connectivity index (χ3v) is 3.70. The Balaban J connectivity index is 2.31. The lowest BCUT2D eigenvalue weighted by atomic mass is 10.1. The molecule has 3 nitrogen and oxygen atoms in total. The normalized spacial score (nSPS) is 10.8. The lowest BCUT2D eigenvalue weighted by Crippen LogP contribution is -1.91. The van der Waals surface area contributed by atoms with Crippen LogP contribution in [-0.2, 0) is 4.79 Å². The summed E-state index contributed by atoms with van der Waals surface area (Å²) in [6.45, 7) is 1.96. The van der Waals surface area contributed by atoms with E-state index in [-0.39, 0.29) is 0 Å². The van der Waals surface area contributed by atoms with Crippen molar-refractivity contribution in [2.24, 2.45) is 0 Å². The number of aryl methyl sites for hydroxylation is 1. The van der Waals surface area contributed by atoms with E-state index in [2.05, 4.69) is 0 Å². The summed E-state index contributed by atoms with van der Waals surface area (Å²) >= 11 is 1.62. The highest BCUT2D eigenvalue weighted by atomic mass is 32.2. The molecule has 0 saturated heterocycles. The molecule has 0 bridgehead atoms. The SMILES string of the molecule is CSc1ccccc1Oc1cc(/C=C/C(=O)O)ccc1C. The molecule has 0 aliphatic rings. The van der Waals surface area contributed by atoms with E-state index in [1.807, 2.05) is 55.6 Å². The predicted octanol–water partition coefficient (Wildman–Crippen LogP) is 4.61. The molecule has 0 heterocycles. The van der Waals surface area contributed by atoms with Gasteiger partial charge in [0.1, 0.15) is 11.5 Å². The van der Waals surface area contributed by atoms with Crippen LogP contribution in [0.25, 0.3) is 6.08 Å². The first-order valence-electron chi connectivity index (χ1n) is 6.42. The van der Waals surface area contributed by atoms with Gasteiger partial charge in [0.25, 0.3) is 0 Å². The predicted molar refractivity (Wildman–Crippen MR) is 86.1 cm³/mol. The van der Waals surface area contributed by atoms with Gasteiger partial charge in [-0.2, -0.15) is 0 Å². The molecule has 0 aliphatic heterocycles. The summed E-state index contributed by atoms with van der Waals surface area (Å²) in [5.41, 5.74) is 1.79. The van der Waals surface area contributed by atoms with Crippen molar-refractivity contribution in [3.05, 3.63) is 59.7 Å². The monoisotopic (exact) mass is 300 g/mol. The van der Waals surface area contributed by atoms with Crippen molar-refractivity contribution >= 4 is 23.8 Å². The lowest BCUT2D eigenvalue weighted by molar-refractivity contribution is -0.131. The van der Waals surface area contributed by atoms with E-state index in [0.717, 1.165) is 33.6 Å². The van der Waals surface area contributed by atoms with Gasteiger partial charge in [-0.25, -0.2) is 4.79 Å². The first-order chi connectivity index (χ1) is 10.1. The maximum absolute atomic E-state index is 10.6. The molecular weight excluding hydrogens is 284 g/mol. The van der Waals surface area contributed by atoms with Crippen LogP contribution in [0, 0.1) is 6.92 Å². The number of rotatable bonds is 5. The maximum Gasteiger partial charge on any atom is 0.328 e. The Hall–Kier alpha value is -2.20. The smallest absolute Gasteiger partial charge is 0.328 e. The first-order valence-corrected chi connectivity index (χ1v) is 7.65. The van der Waals surface area contributed by atoms with Crippen LogP contribution in [0.15, 0.2) is 53.4 Å². The van der Waals surface area contributed by atoms with Crippen LogP contribution >= 0.6 is 11.8 Å². The third kappa shape index (κ3) is 4.13. The molecule has 1 N–H and O–H groups in total. The number of ether oxygens (including phenoxy) is 1. The highest BCUT2D eigenvalue weighted by Crippen LogP contribution is 2.33. The maximum atomic E-state index is 10.6. The lowest BCUT2D eigenvalue weighted by Gasteiger charge is -2.12. The van der Waals surface area contributed by atoms with Gasteiger partial charge in [-0.1, -0.05) is 24.3 Å². The Kier molecular flexibility index (Phi) is 5.06. The summed E-state index contributed by atoms with van der Waals surface area (Å²) in [5.74, 6) is 0.558. The van der Waals surface area contributed by atoms with Gasteiger partial charge in [-0.3, -0.25) is 0 Å². The number of thioether (sulfide) groups is 1. The minimum absolute atomic E-state index is 0.726. The molecule has 2 aromatic rings. The van der Waals surface area contributed by atoms with Crippen molar-refractivity contribution in [3.8, 4) is 11.5 Å². The topological polar surface area (TPSA) is 46.5 Å². The summed E-state index contributed by atoms with van der Waals surface area (Å²) < 4.78 is 5.98. The van der Waals surface area contributed by atoms with Gasteiger partial charge in [0.05, 0.1) is 0 Å². The van der Waals surface area contributed by atoms with E-state index >= 15 is 0 Å². The fourth-order valence-corrected chi connectivity index (χ4v) is 2.34. The molecule has 0 unspecified atom stereocenters. The standard InChI is InChI=1S/C17H16O3S/c1-12-7-8-13(9-10-17(18)19)11-15(12)20-14-5-3-4-6-16(14)21-2/h3-11H,1-2H3,(H,18,19)/b10-9+. The zero-order valence-electron chi connectivity index (χ0n) is 11.9. The van der Waals surface area contributed by atoms with Crippen LogP contribution in [-0.4, -0.2) is 17.3 Å². The van der Waals surface area contributed by atoms with E-state index < -0.39 is 5.97 Å². The molecule has 4 heteroatoms. The summed E-state index contributed by atoms with van der Waals surface area (Å²) in [5, 5.41) is 8.68. The second kappa shape index (κ2) is 6.99. The summed E-state index contributed by atoms with van der Waals surface area (Å²) in [6, 6.07) is 13.4. The Morgan fingerprint density at radius 3 is 2.67 bits per heavy atom. The zero-order chi connectivity index (χ0) is 15.2. The van der Waals surface area contributed by atoms with E-state index in [4.69, 9.17) is 9.84 Å². The van der Waals surface area contributed by atoms with E-state index in [0.29, 0.717) is 0 Å². The fourth-order valence-electron chi connectivity index (χ4n) is 1.82. The van der Waals surface area contributed by atoms with Crippen LogP contribution in [0.5, 0.6) is 11.5 Å². The van der Waals surface area contributed by atoms with Crippen molar-refractivity contribution in [1.29, 1.82) is 0 Å². The molecule has 21 heavy (non-hydrogen) atoms. The number of hydrogen-bond donors (Lipinski definition) is 1. The second-order valence-corrected chi connectivity index (χ2v) is 5.30. The number of carbonyl (C=O) groups is 1. The molecule has 0 saturated carbocycles. The van der Waals surface area contributed by atoms with Gasteiger partial charge < -0.3 is 9.84 Å². The first kappa shape index (κ1) is 15.2. The quantitative estimate of drug-likeness (QED) is 0.647. The minimum Gasteiger partial charge on any atom is -0.478 e. The summed E-state index contributed by atoms with van der Waals surface area (Å²) in [6.07, 6.45) is 4.67. The molecule has 2 rings (SSSR count). The Morgan fingerprint density at radius 2 is 1.95 bits per heavy atom. The van der Waals surface area contributed by atoms with Crippen LogP contribution in [0.2, 0.25) is 0 Å². The van der Waals surface area contributed by atoms with Crippen molar-refractivity contribution < 1.29 is 14.6 Å². The molecule has 0 spiro atoms. The average Bonchev–Trinajstić information content (AvgIpc) is 2.48. The van der Waals surface area contributed by atoms with Crippen molar-refractivity contribution in [2.45, 2.75) is 11.8 Å². The zero-order valence-corrected chi connectivity index (χ0v) is 12.7. The number of benzene rings is 2. The average molecular weight is 300 g/mol. The molecule has 2 aromatic carbocycles. The van der Waals surface area contributed by atoms with Crippen LogP contribution in [0.1, 0.15) is 11.1 Å². The number of aliphatic carboxylic acids is 1. The molecular formula is C17H16O3S. The van der Waals surface area contributed by atoms with Crippen molar-refractivity contribution in [3.63, 3.8) is 0 Å². The van der Waals surface area contributed by atoms with Gasteiger partial charge in [0, 0.05) is 11.0 Å². The largest absolute Gasteiger partial charge is 0.478 e. The van der Waals surface area contributed by atoms with Crippen LogP contribution in [0.4, 0.5) is 0 Å². The Morgan fingerprint density at radius 1 is 1.19 bits per heavy atom. The van der Waals surface area contributed by atoms with Crippen LogP contribution in [0.3, 0.4) is 0 Å². The molecule has 0 radical (unpaired) electrons. The molecule has 0 fully saturated rings. The summed E-state index contributed by atoms with van der Waals surface area (Å²) in [4.78, 5) is 11.6. The van der Waals surface area contributed by atoms with E-state index in [1.165, 1.54) is 0 Å². The number of para-hydroxylation sites is 1. The van der Waals surface area contributed by atoms with E-state index in [1.54, 1.807) is 17.8 Å². The number of hydrogen-bond acceptors (Lipinski definition) is 3. The molecule has 0 aromatic heterocycles.